The van der Waals surface area contributed by atoms with Crippen LogP contribution in [0.2, 0.25) is 0 Å². The highest BCUT2D eigenvalue weighted by atomic mass is 32.2. The average Bonchev–Trinajstić information content (AvgIpc) is 3.17. The van der Waals surface area contributed by atoms with Crippen LogP contribution < -0.4 is 0 Å². The fourth-order valence-electron chi connectivity index (χ4n) is 3.70. The first-order valence-corrected chi connectivity index (χ1v) is 11.8. The molecule has 1 amide bonds. The van der Waals surface area contributed by atoms with Crippen LogP contribution in [0.1, 0.15) is 35.9 Å². The molecule has 1 aliphatic heterocycles. The number of carbonyl (C=O) groups excluding carboxylic acids is 1. The van der Waals surface area contributed by atoms with Gasteiger partial charge in [-0.15, -0.1) is 11.8 Å². The zero-order valence-corrected chi connectivity index (χ0v) is 19.2. The van der Waals surface area contributed by atoms with Gasteiger partial charge in [0.15, 0.2) is 0 Å². The molecule has 1 unspecified atom stereocenters. The van der Waals surface area contributed by atoms with Crippen molar-refractivity contribution in [3.63, 3.8) is 0 Å². The van der Waals surface area contributed by atoms with Crippen molar-refractivity contribution in [3.8, 4) is 11.1 Å². The van der Waals surface area contributed by atoms with Gasteiger partial charge in [0.25, 0.3) is 0 Å². The lowest BCUT2D eigenvalue weighted by Gasteiger charge is -2.27. The van der Waals surface area contributed by atoms with E-state index in [4.69, 9.17) is 4.84 Å². The molecule has 0 N–H and O–H groups in total. The number of aromatic nitrogens is 1. The predicted octanol–water partition coefficient (Wildman–Crippen LogP) is 5.53. The fraction of sp³-hybridized carbons (Fsp3) is 0.269. The summed E-state index contributed by atoms with van der Waals surface area (Å²) in [5, 5.41) is 4.08. The summed E-state index contributed by atoms with van der Waals surface area (Å²) in [5.41, 5.74) is 5.32. The third kappa shape index (κ3) is 5.37. The highest BCUT2D eigenvalue weighted by Crippen LogP contribution is 2.42. The van der Waals surface area contributed by atoms with Crippen LogP contribution in [-0.2, 0) is 16.2 Å². The summed E-state index contributed by atoms with van der Waals surface area (Å²) in [4.78, 5) is 24.2. The van der Waals surface area contributed by atoms with E-state index in [1.807, 2.05) is 59.6 Å². The smallest absolute Gasteiger partial charge is 0.233 e. The summed E-state index contributed by atoms with van der Waals surface area (Å²) < 4.78 is 0. The number of thioether (sulfide) groups is 1. The molecule has 3 aromatic rings. The van der Waals surface area contributed by atoms with Gasteiger partial charge in [0.1, 0.15) is 12.0 Å². The Morgan fingerprint density at radius 2 is 1.94 bits per heavy atom. The molecule has 1 atom stereocenters. The molecule has 0 radical (unpaired) electrons. The summed E-state index contributed by atoms with van der Waals surface area (Å²) in [6.07, 6.45) is 5.42. The second kappa shape index (κ2) is 10.5. The summed E-state index contributed by atoms with van der Waals surface area (Å²) >= 11 is 1.68. The number of benzene rings is 2. The lowest BCUT2D eigenvalue weighted by molar-refractivity contribution is -0.128. The molecule has 0 aliphatic carbocycles. The zero-order valence-electron chi connectivity index (χ0n) is 18.3. The third-order valence-electron chi connectivity index (χ3n) is 5.22. The number of nitrogens with zero attached hydrogens (tertiary/aromatic N) is 3. The molecule has 1 aromatic heterocycles. The molecule has 32 heavy (non-hydrogen) atoms. The molecule has 0 bridgehead atoms. The Morgan fingerprint density at radius 1 is 1.16 bits per heavy atom. The Balaban J connectivity index is 1.48. The van der Waals surface area contributed by atoms with Crippen molar-refractivity contribution in [3.05, 3.63) is 89.7 Å². The second-order valence-electron chi connectivity index (χ2n) is 8.18. The predicted molar refractivity (Wildman–Crippen MR) is 130 cm³/mol. The van der Waals surface area contributed by atoms with Crippen LogP contribution in [0.5, 0.6) is 0 Å². The summed E-state index contributed by atoms with van der Waals surface area (Å²) in [5.74, 6) is 1.14. The first-order chi connectivity index (χ1) is 15.6. The van der Waals surface area contributed by atoms with E-state index in [0.29, 0.717) is 18.3 Å². The zero-order chi connectivity index (χ0) is 22.3. The first-order valence-electron chi connectivity index (χ1n) is 10.8. The molecular formula is C26H27N3O2S. The Kier molecular flexibility index (Phi) is 7.22. The Morgan fingerprint density at radius 3 is 2.69 bits per heavy atom. The summed E-state index contributed by atoms with van der Waals surface area (Å²) in [6.45, 7) is 5.48. The maximum atomic E-state index is 12.5. The minimum absolute atomic E-state index is 0.00113. The molecular weight excluding hydrogens is 418 g/mol. The molecule has 0 saturated carbocycles. The van der Waals surface area contributed by atoms with Crippen molar-refractivity contribution in [2.75, 3.05) is 12.3 Å². The van der Waals surface area contributed by atoms with E-state index >= 15 is 0 Å². The van der Waals surface area contributed by atoms with Gasteiger partial charge in [-0.25, -0.2) is 0 Å². The van der Waals surface area contributed by atoms with Gasteiger partial charge in [-0.1, -0.05) is 73.6 Å². The number of pyridine rings is 1. The molecule has 5 nitrogen and oxygen atoms in total. The normalized spacial score (nSPS) is 16.3. The highest BCUT2D eigenvalue weighted by molar-refractivity contribution is 8.00. The van der Waals surface area contributed by atoms with E-state index < -0.39 is 0 Å². The SMILES string of the molecule is CC(C)CN1C(=O)CSC1c1cnccc1-c1ccc(C=NOCc2ccccc2)cc1. The van der Waals surface area contributed by atoms with E-state index in [0.717, 1.165) is 34.4 Å². The average molecular weight is 446 g/mol. The first kappa shape index (κ1) is 22.1. The number of amides is 1. The molecule has 2 heterocycles. The van der Waals surface area contributed by atoms with Gasteiger partial charge in [0.05, 0.1) is 12.0 Å². The van der Waals surface area contributed by atoms with Crippen molar-refractivity contribution < 1.29 is 9.63 Å². The van der Waals surface area contributed by atoms with Crippen molar-refractivity contribution in [2.24, 2.45) is 11.1 Å². The highest BCUT2D eigenvalue weighted by Gasteiger charge is 2.34. The summed E-state index contributed by atoms with van der Waals surface area (Å²) in [7, 11) is 0. The maximum Gasteiger partial charge on any atom is 0.233 e. The molecule has 0 spiro atoms. The molecule has 6 heteroatoms. The minimum atomic E-state index is 0.00113. The third-order valence-corrected chi connectivity index (χ3v) is 6.46. The van der Waals surface area contributed by atoms with E-state index in [1.54, 1.807) is 24.2 Å². The molecule has 1 fully saturated rings. The van der Waals surface area contributed by atoms with Gasteiger partial charge in [0.2, 0.25) is 5.91 Å². The maximum absolute atomic E-state index is 12.5. The van der Waals surface area contributed by atoms with Crippen molar-refractivity contribution in [1.29, 1.82) is 0 Å². The van der Waals surface area contributed by atoms with Crippen LogP contribution in [-0.4, -0.2) is 34.3 Å². The quantitative estimate of drug-likeness (QED) is 0.338. The van der Waals surface area contributed by atoms with Gasteiger partial charge in [-0.3, -0.25) is 9.78 Å². The summed E-state index contributed by atoms with van der Waals surface area (Å²) in [6, 6.07) is 20.2. The molecule has 1 saturated heterocycles. The van der Waals surface area contributed by atoms with Crippen LogP contribution in [0.3, 0.4) is 0 Å². The number of carbonyl (C=O) groups is 1. The fourth-order valence-corrected chi connectivity index (χ4v) is 4.92. The largest absolute Gasteiger partial charge is 0.391 e. The second-order valence-corrected chi connectivity index (χ2v) is 9.25. The lowest BCUT2D eigenvalue weighted by atomic mass is 10.00. The van der Waals surface area contributed by atoms with E-state index in [-0.39, 0.29) is 11.3 Å². The Hall–Kier alpha value is -3.12. The van der Waals surface area contributed by atoms with Crippen LogP contribution in [0, 0.1) is 5.92 Å². The van der Waals surface area contributed by atoms with Crippen LogP contribution in [0.4, 0.5) is 0 Å². The van der Waals surface area contributed by atoms with Gasteiger partial charge < -0.3 is 9.74 Å². The van der Waals surface area contributed by atoms with E-state index in [9.17, 15) is 4.79 Å². The van der Waals surface area contributed by atoms with Gasteiger partial charge >= 0.3 is 0 Å². The Labute approximate surface area is 193 Å². The van der Waals surface area contributed by atoms with Crippen LogP contribution in [0.15, 0.2) is 78.2 Å². The topological polar surface area (TPSA) is 54.8 Å². The lowest BCUT2D eigenvalue weighted by Crippen LogP contribution is -2.31. The molecule has 1 aliphatic rings. The van der Waals surface area contributed by atoms with Crippen LogP contribution >= 0.6 is 11.8 Å². The van der Waals surface area contributed by atoms with Crippen molar-refractivity contribution in [2.45, 2.75) is 25.8 Å². The van der Waals surface area contributed by atoms with Gasteiger partial charge in [0, 0.05) is 24.5 Å². The standard InChI is InChI=1S/C26H27N3O2S/c1-19(2)16-29-25(30)18-32-26(29)24-15-27-13-12-23(24)22-10-8-20(9-11-22)14-28-31-17-21-6-4-3-5-7-21/h3-15,19,26H,16-18H2,1-2H3. The van der Waals surface area contributed by atoms with Crippen molar-refractivity contribution >= 4 is 23.9 Å². The van der Waals surface area contributed by atoms with Crippen LogP contribution in [0.25, 0.3) is 11.1 Å². The number of hydrogen-bond acceptors (Lipinski definition) is 5. The Bertz CT molecular complexity index is 1070. The molecule has 4 rings (SSSR count). The van der Waals surface area contributed by atoms with E-state index in [2.05, 4.69) is 36.1 Å². The monoisotopic (exact) mass is 445 g/mol. The van der Waals surface area contributed by atoms with Gasteiger partial charge in [-0.2, -0.15) is 0 Å². The van der Waals surface area contributed by atoms with E-state index in [1.165, 1.54) is 0 Å². The minimum Gasteiger partial charge on any atom is -0.391 e. The molecule has 2 aromatic carbocycles. The number of oxime groups is 1. The number of hydrogen-bond donors (Lipinski definition) is 0. The van der Waals surface area contributed by atoms with Crippen molar-refractivity contribution in [1.82, 2.24) is 9.88 Å². The molecule has 164 valence electrons. The van der Waals surface area contributed by atoms with Gasteiger partial charge in [-0.05, 0) is 34.2 Å². The number of rotatable bonds is 8.